The second kappa shape index (κ2) is 8.73. The standard InChI is InChI=1S/C23H29ClN6O/c1-26-22(10-20(25)15-2-3-15)29-23-27-11-16-8-19(24)18(9-21(16)28-23)14-4-6-30(7-5-14)17-12-31-13-17/h8-11,14-15,17H,2-7,12-13,25H2,1H3,(H,26,27,28,29). The van der Waals surface area contributed by atoms with Crippen molar-refractivity contribution in [2.75, 3.05) is 38.7 Å². The summed E-state index contributed by atoms with van der Waals surface area (Å²) < 4.78 is 5.35. The molecule has 0 atom stereocenters. The van der Waals surface area contributed by atoms with Gasteiger partial charge in [-0.05, 0) is 74.4 Å². The van der Waals surface area contributed by atoms with Crippen molar-refractivity contribution in [3.63, 3.8) is 0 Å². The van der Waals surface area contributed by atoms with Crippen molar-refractivity contribution in [3.8, 4) is 0 Å². The predicted molar refractivity (Wildman–Crippen MR) is 125 cm³/mol. The Kier molecular flexibility index (Phi) is 5.82. The van der Waals surface area contributed by atoms with E-state index in [4.69, 9.17) is 27.1 Å². The SMILES string of the molecule is CN=C(C=C(N)C1CC1)Nc1ncc2cc(Cl)c(C3CCN(C4COC4)CC3)cc2n1. The van der Waals surface area contributed by atoms with E-state index in [-0.39, 0.29) is 0 Å². The van der Waals surface area contributed by atoms with E-state index in [0.717, 1.165) is 73.6 Å². The lowest BCUT2D eigenvalue weighted by Crippen LogP contribution is -2.51. The molecule has 1 aliphatic carbocycles. The molecule has 2 aliphatic heterocycles. The number of nitrogens with zero attached hydrogens (tertiary/aromatic N) is 4. The number of hydrogen-bond acceptors (Lipinski definition) is 6. The van der Waals surface area contributed by atoms with Gasteiger partial charge >= 0.3 is 0 Å². The normalized spacial score (nSPS) is 22.0. The van der Waals surface area contributed by atoms with Crippen LogP contribution in [0.15, 0.2) is 35.1 Å². The molecule has 164 valence electrons. The molecule has 0 unspecified atom stereocenters. The number of nitrogens with two attached hydrogens (primary N) is 1. The summed E-state index contributed by atoms with van der Waals surface area (Å²) in [5.41, 5.74) is 9.07. The molecule has 7 nitrogen and oxygen atoms in total. The Labute approximate surface area is 187 Å². The van der Waals surface area contributed by atoms with Crippen molar-refractivity contribution in [2.24, 2.45) is 16.6 Å². The first kappa shape index (κ1) is 20.7. The summed E-state index contributed by atoms with van der Waals surface area (Å²) in [5.74, 6) is 2.13. The van der Waals surface area contributed by atoms with Gasteiger partial charge in [-0.25, -0.2) is 9.97 Å². The number of rotatable bonds is 5. The predicted octanol–water partition coefficient (Wildman–Crippen LogP) is 3.55. The highest BCUT2D eigenvalue weighted by Crippen LogP contribution is 2.36. The molecule has 5 rings (SSSR count). The molecule has 0 radical (unpaired) electrons. The Morgan fingerprint density at radius 2 is 2.03 bits per heavy atom. The van der Waals surface area contributed by atoms with E-state index in [2.05, 4.69) is 26.3 Å². The molecule has 0 amide bonds. The van der Waals surface area contributed by atoms with Crippen molar-refractivity contribution >= 4 is 34.3 Å². The number of fused-ring (bicyclic) bond motifs is 1. The van der Waals surface area contributed by atoms with Crippen molar-refractivity contribution in [2.45, 2.75) is 37.6 Å². The molecule has 1 aromatic heterocycles. The zero-order chi connectivity index (χ0) is 21.4. The third-order valence-electron chi connectivity index (χ3n) is 6.64. The second-order valence-corrected chi connectivity index (χ2v) is 9.19. The molecular formula is C23H29ClN6O. The topological polar surface area (TPSA) is 88.7 Å². The summed E-state index contributed by atoms with van der Waals surface area (Å²) >= 11 is 6.67. The smallest absolute Gasteiger partial charge is 0.228 e. The minimum Gasteiger partial charge on any atom is -0.402 e. The van der Waals surface area contributed by atoms with Crippen LogP contribution in [0.25, 0.3) is 10.9 Å². The average Bonchev–Trinajstić information content (AvgIpc) is 3.58. The highest BCUT2D eigenvalue weighted by molar-refractivity contribution is 6.32. The lowest BCUT2D eigenvalue weighted by molar-refractivity contribution is -0.0712. The van der Waals surface area contributed by atoms with Crippen molar-refractivity contribution in [1.82, 2.24) is 14.9 Å². The van der Waals surface area contributed by atoms with Gasteiger partial charge in [0.05, 0.1) is 24.8 Å². The van der Waals surface area contributed by atoms with Gasteiger partial charge in [-0.15, -0.1) is 0 Å². The number of ether oxygens (including phenoxy) is 1. The quantitative estimate of drug-likeness (QED) is 0.546. The Morgan fingerprint density at radius 3 is 2.68 bits per heavy atom. The molecule has 3 aliphatic rings. The molecule has 8 heteroatoms. The number of halogens is 1. The van der Waals surface area contributed by atoms with E-state index in [9.17, 15) is 0 Å². The summed E-state index contributed by atoms with van der Waals surface area (Å²) in [6.45, 7) is 3.93. The highest BCUT2D eigenvalue weighted by atomic mass is 35.5. The summed E-state index contributed by atoms with van der Waals surface area (Å²) in [6, 6.07) is 4.72. The maximum atomic E-state index is 6.67. The van der Waals surface area contributed by atoms with E-state index >= 15 is 0 Å². The van der Waals surface area contributed by atoms with Crippen molar-refractivity contribution in [1.29, 1.82) is 0 Å². The molecule has 3 N–H and O–H groups in total. The molecule has 1 saturated carbocycles. The Bertz CT molecular complexity index is 1020. The van der Waals surface area contributed by atoms with Gasteiger partial charge in [0.1, 0.15) is 5.84 Å². The molecule has 2 saturated heterocycles. The van der Waals surface area contributed by atoms with Crippen LogP contribution in [-0.2, 0) is 4.74 Å². The van der Waals surface area contributed by atoms with E-state index in [1.165, 1.54) is 5.56 Å². The van der Waals surface area contributed by atoms with Crippen LogP contribution in [0.5, 0.6) is 0 Å². The van der Waals surface area contributed by atoms with Gasteiger partial charge in [-0.2, -0.15) is 0 Å². The minimum absolute atomic E-state index is 0.453. The van der Waals surface area contributed by atoms with Crippen LogP contribution in [0.2, 0.25) is 5.02 Å². The Hall–Kier alpha value is -2.22. The Morgan fingerprint density at radius 1 is 1.26 bits per heavy atom. The van der Waals surface area contributed by atoms with Crippen LogP contribution in [0, 0.1) is 5.92 Å². The minimum atomic E-state index is 0.453. The van der Waals surface area contributed by atoms with Crippen LogP contribution >= 0.6 is 11.6 Å². The molecule has 3 heterocycles. The Balaban J connectivity index is 1.33. The number of piperidine rings is 1. The first-order valence-electron chi connectivity index (χ1n) is 11.1. The number of anilines is 1. The molecule has 3 fully saturated rings. The van der Waals surface area contributed by atoms with Gasteiger partial charge in [-0.1, -0.05) is 11.6 Å². The lowest BCUT2D eigenvalue weighted by Gasteiger charge is -2.41. The van der Waals surface area contributed by atoms with Gasteiger partial charge in [-0.3, -0.25) is 9.89 Å². The fourth-order valence-corrected chi connectivity index (χ4v) is 4.74. The first-order valence-corrected chi connectivity index (χ1v) is 11.5. The molecular weight excluding hydrogens is 412 g/mol. The van der Waals surface area contributed by atoms with E-state index in [1.54, 1.807) is 13.2 Å². The molecule has 31 heavy (non-hydrogen) atoms. The number of benzene rings is 1. The number of aromatic nitrogens is 2. The summed E-state index contributed by atoms with van der Waals surface area (Å²) in [4.78, 5) is 16.0. The monoisotopic (exact) mass is 440 g/mol. The zero-order valence-corrected chi connectivity index (χ0v) is 18.6. The fraction of sp³-hybridized carbons (Fsp3) is 0.522. The van der Waals surface area contributed by atoms with Crippen LogP contribution in [-0.4, -0.2) is 60.1 Å². The van der Waals surface area contributed by atoms with Crippen LogP contribution < -0.4 is 11.1 Å². The van der Waals surface area contributed by atoms with Crippen LogP contribution in [0.4, 0.5) is 5.95 Å². The third-order valence-corrected chi connectivity index (χ3v) is 6.96. The summed E-state index contributed by atoms with van der Waals surface area (Å²) in [7, 11) is 1.74. The largest absolute Gasteiger partial charge is 0.402 e. The van der Waals surface area contributed by atoms with Gasteiger partial charge in [0.15, 0.2) is 0 Å². The number of hydrogen-bond donors (Lipinski definition) is 2. The molecule has 2 aromatic rings. The first-order chi connectivity index (χ1) is 15.1. The summed E-state index contributed by atoms with van der Waals surface area (Å²) in [6.07, 6.45) is 8.22. The van der Waals surface area contributed by atoms with E-state index in [0.29, 0.717) is 29.7 Å². The van der Waals surface area contributed by atoms with E-state index < -0.39 is 0 Å². The van der Waals surface area contributed by atoms with Crippen molar-refractivity contribution < 1.29 is 4.74 Å². The summed E-state index contributed by atoms with van der Waals surface area (Å²) in [5, 5.41) is 4.94. The number of likely N-dealkylation sites (tertiary alicyclic amines) is 1. The van der Waals surface area contributed by atoms with Gasteiger partial charge in [0.25, 0.3) is 0 Å². The third kappa shape index (κ3) is 4.54. The molecule has 0 spiro atoms. The maximum Gasteiger partial charge on any atom is 0.228 e. The molecule has 0 bridgehead atoms. The van der Waals surface area contributed by atoms with Crippen molar-refractivity contribution in [3.05, 3.63) is 40.7 Å². The fourth-order valence-electron chi connectivity index (χ4n) is 4.41. The average molecular weight is 441 g/mol. The maximum absolute atomic E-state index is 6.67. The van der Waals surface area contributed by atoms with Gasteiger partial charge in [0.2, 0.25) is 5.95 Å². The molecule has 1 aromatic carbocycles. The second-order valence-electron chi connectivity index (χ2n) is 8.78. The zero-order valence-electron chi connectivity index (χ0n) is 17.9. The highest BCUT2D eigenvalue weighted by Gasteiger charge is 2.30. The van der Waals surface area contributed by atoms with E-state index in [1.807, 2.05) is 12.1 Å². The number of amidine groups is 1. The number of nitrogens with one attached hydrogen (secondary N) is 1. The number of allylic oxidation sites excluding steroid dienone is 1. The van der Waals surface area contributed by atoms with Gasteiger partial charge < -0.3 is 15.8 Å². The number of aliphatic imine (C=N–C) groups is 1. The lowest BCUT2D eigenvalue weighted by atomic mass is 9.88. The van der Waals surface area contributed by atoms with Crippen LogP contribution in [0.1, 0.15) is 37.2 Å². The van der Waals surface area contributed by atoms with Gasteiger partial charge in [0, 0.05) is 29.4 Å². The van der Waals surface area contributed by atoms with Crippen LogP contribution in [0.3, 0.4) is 0 Å².